The van der Waals surface area contributed by atoms with E-state index in [-0.39, 0.29) is 18.0 Å². The van der Waals surface area contributed by atoms with Crippen LogP contribution in [-0.4, -0.2) is 31.4 Å². The van der Waals surface area contributed by atoms with Gasteiger partial charge in [0.25, 0.3) is 0 Å². The van der Waals surface area contributed by atoms with Gasteiger partial charge < -0.3 is 10.2 Å². The zero-order valence-corrected chi connectivity index (χ0v) is 11.8. The van der Waals surface area contributed by atoms with E-state index in [1.54, 1.807) is 25.1 Å². The van der Waals surface area contributed by atoms with Crippen molar-refractivity contribution >= 4 is 5.91 Å². The predicted molar refractivity (Wildman–Crippen MR) is 75.2 cm³/mol. The fourth-order valence-corrected chi connectivity index (χ4v) is 1.90. The summed E-state index contributed by atoms with van der Waals surface area (Å²) in [4.78, 5) is 13.2. The van der Waals surface area contributed by atoms with Crippen molar-refractivity contribution in [2.45, 2.75) is 18.9 Å². The van der Waals surface area contributed by atoms with Crippen molar-refractivity contribution < 1.29 is 13.6 Å². The van der Waals surface area contributed by atoms with Gasteiger partial charge in [0.15, 0.2) is 0 Å². The van der Waals surface area contributed by atoms with Gasteiger partial charge in [-0.15, -0.1) is 6.58 Å². The summed E-state index contributed by atoms with van der Waals surface area (Å²) in [5.74, 6) is -1.37. The number of allylic oxidation sites excluding steroid dienone is 1. The molecule has 0 aliphatic rings. The first-order valence-electron chi connectivity index (χ1n) is 6.45. The number of carbonyl (C=O) groups is 1. The van der Waals surface area contributed by atoms with E-state index in [2.05, 4.69) is 11.9 Å². The molecule has 0 aliphatic heterocycles. The Labute approximate surface area is 118 Å². The first-order valence-corrected chi connectivity index (χ1v) is 6.45. The first-order chi connectivity index (χ1) is 9.47. The Morgan fingerprint density at radius 2 is 2.00 bits per heavy atom. The fraction of sp³-hybridized carbons (Fsp3) is 0.400. The number of carbonyl (C=O) groups excluding carboxylic acids is 1. The van der Waals surface area contributed by atoms with Crippen LogP contribution in [-0.2, 0) is 4.79 Å². The molecule has 0 saturated carbocycles. The zero-order chi connectivity index (χ0) is 15.1. The maximum absolute atomic E-state index is 13.8. The zero-order valence-electron chi connectivity index (χ0n) is 11.8. The molecule has 1 amide bonds. The fourth-order valence-electron chi connectivity index (χ4n) is 1.90. The van der Waals surface area contributed by atoms with E-state index < -0.39 is 17.7 Å². The van der Waals surface area contributed by atoms with Crippen LogP contribution in [0.4, 0.5) is 8.78 Å². The van der Waals surface area contributed by atoms with Crippen LogP contribution < -0.4 is 5.32 Å². The number of hydrogen-bond donors (Lipinski definition) is 1. The van der Waals surface area contributed by atoms with Crippen molar-refractivity contribution in [3.05, 3.63) is 48.1 Å². The molecule has 0 aromatic heterocycles. The number of benzene rings is 1. The molecule has 0 spiro atoms. The Bertz CT molecular complexity index is 455. The standard InChI is InChI=1S/C15H20F2N2O/c1-4-5-9-14(20)18-10-13(19(2)3)15-11(16)7-6-8-12(15)17/h4,6-8,13H,1,5,9-10H2,2-3H3,(H,18,20). The molecule has 20 heavy (non-hydrogen) atoms. The lowest BCUT2D eigenvalue weighted by molar-refractivity contribution is -0.121. The lowest BCUT2D eigenvalue weighted by atomic mass is 10.0. The molecule has 3 nitrogen and oxygen atoms in total. The summed E-state index contributed by atoms with van der Waals surface area (Å²) in [6.45, 7) is 3.69. The van der Waals surface area contributed by atoms with Crippen molar-refractivity contribution in [3.8, 4) is 0 Å². The number of nitrogens with one attached hydrogen (secondary N) is 1. The summed E-state index contributed by atoms with van der Waals surface area (Å²) >= 11 is 0. The maximum atomic E-state index is 13.8. The molecule has 0 heterocycles. The minimum Gasteiger partial charge on any atom is -0.354 e. The minimum absolute atomic E-state index is 0.0264. The SMILES string of the molecule is C=CCCC(=O)NCC(c1c(F)cccc1F)N(C)C. The van der Waals surface area contributed by atoms with Gasteiger partial charge in [-0.25, -0.2) is 8.78 Å². The molecule has 1 atom stereocenters. The third-order valence-electron chi connectivity index (χ3n) is 3.02. The van der Waals surface area contributed by atoms with Crippen molar-refractivity contribution in [1.29, 1.82) is 0 Å². The number of rotatable bonds is 7. The molecule has 0 fully saturated rings. The number of amides is 1. The second-order valence-electron chi connectivity index (χ2n) is 4.75. The van der Waals surface area contributed by atoms with Gasteiger partial charge in [0, 0.05) is 18.5 Å². The molecule has 1 N–H and O–H groups in total. The molecular formula is C15H20F2N2O. The molecule has 110 valence electrons. The van der Waals surface area contributed by atoms with Crippen LogP contribution in [0.5, 0.6) is 0 Å². The summed E-state index contributed by atoms with van der Waals surface area (Å²) in [6, 6.07) is 3.20. The summed E-state index contributed by atoms with van der Waals surface area (Å²) in [5.41, 5.74) is -0.0264. The Hall–Kier alpha value is -1.75. The molecule has 1 aromatic carbocycles. The highest BCUT2D eigenvalue weighted by molar-refractivity contribution is 5.76. The predicted octanol–water partition coefficient (Wildman–Crippen LogP) is 2.65. The van der Waals surface area contributed by atoms with Gasteiger partial charge in [-0.1, -0.05) is 12.1 Å². The third kappa shape index (κ3) is 4.42. The number of hydrogen-bond acceptors (Lipinski definition) is 2. The van der Waals surface area contributed by atoms with Crippen LogP contribution in [0, 0.1) is 11.6 Å². The van der Waals surface area contributed by atoms with Crippen molar-refractivity contribution in [3.63, 3.8) is 0 Å². The molecule has 0 radical (unpaired) electrons. The molecule has 0 saturated heterocycles. The van der Waals surface area contributed by atoms with Crippen molar-refractivity contribution in [2.75, 3.05) is 20.6 Å². The van der Waals surface area contributed by atoms with Crippen LogP contribution in [0.1, 0.15) is 24.4 Å². The number of likely N-dealkylation sites (N-methyl/N-ethyl adjacent to an activating group) is 1. The van der Waals surface area contributed by atoms with Crippen molar-refractivity contribution in [2.24, 2.45) is 0 Å². The smallest absolute Gasteiger partial charge is 0.220 e. The van der Waals surface area contributed by atoms with Gasteiger partial charge in [0.05, 0.1) is 6.04 Å². The van der Waals surface area contributed by atoms with Gasteiger partial charge in [-0.2, -0.15) is 0 Å². The number of nitrogens with zero attached hydrogens (tertiary/aromatic N) is 1. The Balaban J connectivity index is 2.80. The van der Waals surface area contributed by atoms with Gasteiger partial charge in [0.2, 0.25) is 5.91 Å². The lowest BCUT2D eigenvalue weighted by Gasteiger charge is -2.25. The van der Waals surface area contributed by atoms with E-state index in [0.717, 1.165) is 0 Å². The van der Waals surface area contributed by atoms with Crippen LogP contribution in [0.25, 0.3) is 0 Å². The topological polar surface area (TPSA) is 32.3 Å². The quantitative estimate of drug-likeness (QED) is 0.780. The second-order valence-corrected chi connectivity index (χ2v) is 4.75. The van der Waals surface area contributed by atoms with E-state index in [1.165, 1.54) is 18.2 Å². The van der Waals surface area contributed by atoms with Gasteiger partial charge >= 0.3 is 0 Å². The highest BCUT2D eigenvalue weighted by atomic mass is 19.1. The molecule has 1 unspecified atom stereocenters. The molecule has 0 aliphatic carbocycles. The largest absolute Gasteiger partial charge is 0.354 e. The Morgan fingerprint density at radius 1 is 1.40 bits per heavy atom. The normalized spacial score (nSPS) is 12.2. The van der Waals surface area contributed by atoms with E-state index in [0.29, 0.717) is 12.8 Å². The molecular weight excluding hydrogens is 262 g/mol. The number of halogens is 2. The second kappa shape index (κ2) is 7.75. The van der Waals surface area contributed by atoms with E-state index in [1.807, 2.05) is 0 Å². The Kier molecular flexibility index (Phi) is 6.31. The molecule has 1 aromatic rings. The van der Waals surface area contributed by atoms with E-state index in [4.69, 9.17) is 0 Å². The monoisotopic (exact) mass is 282 g/mol. The van der Waals surface area contributed by atoms with E-state index >= 15 is 0 Å². The minimum atomic E-state index is -0.607. The van der Waals surface area contributed by atoms with Gasteiger partial charge in [-0.05, 0) is 32.6 Å². The summed E-state index contributed by atoms with van der Waals surface area (Å²) < 4.78 is 27.6. The summed E-state index contributed by atoms with van der Waals surface area (Å²) in [5, 5.41) is 2.69. The molecule has 0 bridgehead atoms. The average Bonchev–Trinajstić information content (AvgIpc) is 2.39. The molecule has 5 heteroatoms. The van der Waals surface area contributed by atoms with Gasteiger partial charge in [-0.3, -0.25) is 4.79 Å². The summed E-state index contributed by atoms with van der Waals surface area (Å²) in [6.07, 6.45) is 2.55. The maximum Gasteiger partial charge on any atom is 0.220 e. The first kappa shape index (κ1) is 16.3. The van der Waals surface area contributed by atoms with E-state index in [9.17, 15) is 13.6 Å². The Morgan fingerprint density at radius 3 is 2.50 bits per heavy atom. The van der Waals surface area contributed by atoms with Crippen LogP contribution in [0.15, 0.2) is 30.9 Å². The van der Waals surface area contributed by atoms with Crippen LogP contribution in [0.2, 0.25) is 0 Å². The third-order valence-corrected chi connectivity index (χ3v) is 3.02. The highest BCUT2D eigenvalue weighted by Gasteiger charge is 2.22. The summed E-state index contributed by atoms with van der Waals surface area (Å²) in [7, 11) is 3.43. The lowest BCUT2D eigenvalue weighted by Crippen LogP contribution is -2.35. The van der Waals surface area contributed by atoms with Crippen LogP contribution in [0.3, 0.4) is 0 Å². The van der Waals surface area contributed by atoms with Gasteiger partial charge in [0.1, 0.15) is 11.6 Å². The molecule has 1 rings (SSSR count). The average molecular weight is 282 g/mol. The van der Waals surface area contributed by atoms with Crippen LogP contribution >= 0.6 is 0 Å². The van der Waals surface area contributed by atoms with Crippen molar-refractivity contribution in [1.82, 2.24) is 10.2 Å². The highest BCUT2D eigenvalue weighted by Crippen LogP contribution is 2.23.